The Bertz CT molecular complexity index is 814. The second kappa shape index (κ2) is 5.53. The number of hydrogen-bond acceptors (Lipinski definition) is 3. The molecule has 0 unspecified atom stereocenters. The molecule has 1 saturated carbocycles. The molecule has 5 aliphatic heterocycles. The molecule has 2 N–H and O–H groups in total. The molecule has 0 radical (unpaired) electrons. The summed E-state index contributed by atoms with van der Waals surface area (Å²) in [4.78, 5) is 2.49. The van der Waals surface area contributed by atoms with Crippen molar-refractivity contribution < 1.29 is 14.7 Å². The van der Waals surface area contributed by atoms with Crippen molar-refractivity contribution in [3.8, 4) is 0 Å². The lowest BCUT2D eigenvalue weighted by Crippen LogP contribution is -2.83. The van der Waals surface area contributed by atoms with Crippen molar-refractivity contribution in [3.05, 3.63) is 29.8 Å². The van der Waals surface area contributed by atoms with E-state index in [1.807, 2.05) is 0 Å². The van der Waals surface area contributed by atoms with Crippen LogP contribution in [0.3, 0.4) is 0 Å². The summed E-state index contributed by atoms with van der Waals surface area (Å²) in [7, 11) is 2.24. The van der Waals surface area contributed by atoms with Crippen molar-refractivity contribution in [2.75, 3.05) is 18.5 Å². The molecule has 7 rings (SSSR count). The van der Waals surface area contributed by atoms with Crippen molar-refractivity contribution in [3.63, 3.8) is 0 Å². The van der Waals surface area contributed by atoms with Crippen LogP contribution in [0, 0.1) is 17.8 Å². The number of para-hydroxylation sites is 1. The average Bonchev–Trinajstić information content (AvgIpc) is 3.09. The third-order valence-corrected chi connectivity index (χ3v) is 10.0. The number of fused-ring (bicyclic) bond motifs is 2. The number of quaternary nitrogens is 1. The van der Waals surface area contributed by atoms with E-state index in [0.29, 0.717) is 35.9 Å². The lowest BCUT2D eigenvalue weighted by Gasteiger charge is -2.68. The number of benzene rings is 1. The Morgan fingerprint density at radius 1 is 1.18 bits per heavy atom. The Hall–Kier alpha value is -1.10. The van der Waals surface area contributed by atoms with Crippen LogP contribution in [0.2, 0.25) is 0 Å². The summed E-state index contributed by atoms with van der Waals surface area (Å²) in [5.41, 5.74) is 2.56. The van der Waals surface area contributed by atoms with Crippen LogP contribution in [0.1, 0.15) is 51.5 Å². The maximum atomic E-state index is 12.0. The first-order valence-electron chi connectivity index (χ1n) is 11.6. The van der Waals surface area contributed by atoms with E-state index in [2.05, 4.69) is 50.1 Å². The van der Waals surface area contributed by atoms with E-state index in [4.69, 9.17) is 0 Å². The van der Waals surface area contributed by atoms with Gasteiger partial charge in [0.25, 0.3) is 0 Å². The van der Waals surface area contributed by atoms with Gasteiger partial charge >= 0.3 is 0 Å². The Morgan fingerprint density at radius 2 is 1.96 bits per heavy atom. The molecule has 0 amide bonds. The van der Waals surface area contributed by atoms with Crippen LogP contribution in [0.5, 0.6) is 0 Å². The molecular weight excluding hydrogens is 348 g/mol. The van der Waals surface area contributed by atoms with E-state index in [1.165, 1.54) is 30.5 Å². The monoisotopic (exact) mass is 383 g/mol. The van der Waals surface area contributed by atoms with Crippen LogP contribution in [0.15, 0.2) is 24.3 Å². The number of likely N-dealkylation sites (N-methyl/N-ethyl adjacent to an activating group) is 1. The maximum absolute atomic E-state index is 12.0. The van der Waals surface area contributed by atoms with Gasteiger partial charge in [-0.3, -0.25) is 4.48 Å². The van der Waals surface area contributed by atoms with E-state index in [-0.39, 0.29) is 17.7 Å². The highest BCUT2D eigenvalue weighted by atomic mass is 16.3. The summed E-state index contributed by atoms with van der Waals surface area (Å²) in [6, 6.07) is 10.00. The molecule has 10 atom stereocenters. The van der Waals surface area contributed by atoms with Crippen molar-refractivity contribution >= 4 is 5.69 Å². The zero-order chi connectivity index (χ0) is 19.4. The molecule has 5 fully saturated rings. The van der Waals surface area contributed by atoms with Gasteiger partial charge in [0.1, 0.15) is 6.04 Å². The highest BCUT2D eigenvalue weighted by Gasteiger charge is 2.82. The fourth-order valence-electron chi connectivity index (χ4n) is 9.27. The minimum Gasteiger partial charge on any atom is -0.392 e. The summed E-state index contributed by atoms with van der Waals surface area (Å²) in [6.45, 7) is 5.59. The van der Waals surface area contributed by atoms with Crippen LogP contribution in [0.25, 0.3) is 0 Å². The minimum absolute atomic E-state index is 0.129. The predicted molar refractivity (Wildman–Crippen MR) is 110 cm³/mol. The van der Waals surface area contributed by atoms with Crippen molar-refractivity contribution in [1.29, 1.82) is 0 Å². The topological polar surface area (TPSA) is 43.7 Å². The molecule has 1 spiro atoms. The van der Waals surface area contributed by atoms with Gasteiger partial charge in [-0.2, -0.15) is 0 Å². The first-order valence-corrected chi connectivity index (χ1v) is 11.6. The molecular formula is C24H35N2O2+. The zero-order valence-electron chi connectivity index (χ0n) is 17.5. The fraction of sp³-hybridized carbons (Fsp3) is 0.750. The molecule has 0 aromatic heterocycles. The van der Waals surface area contributed by atoms with E-state index < -0.39 is 0 Å². The molecule has 152 valence electrons. The van der Waals surface area contributed by atoms with E-state index in [9.17, 15) is 10.2 Å². The molecule has 1 aromatic rings. The van der Waals surface area contributed by atoms with Gasteiger partial charge in [0.2, 0.25) is 0 Å². The highest BCUT2D eigenvalue weighted by molar-refractivity contribution is 5.66. The molecule has 4 heteroatoms. The van der Waals surface area contributed by atoms with Gasteiger partial charge in [0.15, 0.2) is 6.23 Å². The summed E-state index contributed by atoms with van der Waals surface area (Å²) in [6.07, 6.45) is 5.09. The Kier molecular flexibility index (Phi) is 3.50. The third-order valence-electron chi connectivity index (χ3n) is 10.0. The second-order valence-electron chi connectivity index (χ2n) is 10.4. The van der Waals surface area contributed by atoms with Crippen molar-refractivity contribution in [2.24, 2.45) is 17.8 Å². The van der Waals surface area contributed by atoms with Crippen LogP contribution in [-0.2, 0) is 5.41 Å². The lowest BCUT2D eigenvalue weighted by atomic mass is 9.60. The lowest BCUT2D eigenvalue weighted by molar-refractivity contribution is -1.04. The second-order valence-corrected chi connectivity index (χ2v) is 10.4. The van der Waals surface area contributed by atoms with E-state index in [0.717, 1.165) is 23.9 Å². The number of rotatable bonds is 4. The molecule has 5 heterocycles. The molecule has 4 saturated heterocycles. The number of unbranched alkanes of at least 4 members (excludes halogenated alkanes) is 1. The SMILES string of the molecule is CCCC[N@+]12[C@H](O)[C@H](CC)[C@H]3C[C@H]1[C@@H]1N(C)c4ccccc4[C@@]14C[C@H]2[C@H]3[C@@H]4O. The average molecular weight is 384 g/mol. The molecule has 5 bridgehead atoms. The van der Waals surface area contributed by atoms with Crippen molar-refractivity contribution in [2.45, 2.75) is 81.8 Å². The predicted octanol–water partition coefficient (Wildman–Crippen LogP) is 2.87. The number of nitrogens with zero attached hydrogens (tertiary/aromatic N) is 2. The third kappa shape index (κ3) is 1.61. The maximum Gasteiger partial charge on any atom is 0.194 e. The van der Waals surface area contributed by atoms with Gasteiger partial charge in [-0.15, -0.1) is 0 Å². The molecule has 6 aliphatic rings. The Balaban J connectivity index is 1.59. The summed E-state index contributed by atoms with van der Waals surface area (Å²) in [5.74, 6) is 1.18. The minimum atomic E-state index is -0.272. The van der Waals surface area contributed by atoms with Gasteiger partial charge in [-0.1, -0.05) is 38.5 Å². The van der Waals surface area contributed by atoms with Crippen LogP contribution in [0.4, 0.5) is 5.69 Å². The van der Waals surface area contributed by atoms with Gasteiger partial charge in [0.05, 0.1) is 30.1 Å². The first-order chi connectivity index (χ1) is 13.5. The van der Waals surface area contributed by atoms with Crippen LogP contribution >= 0.6 is 0 Å². The van der Waals surface area contributed by atoms with Crippen molar-refractivity contribution in [1.82, 2.24) is 0 Å². The quantitative estimate of drug-likeness (QED) is 0.786. The number of hydrogen-bond donors (Lipinski definition) is 2. The van der Waals surface area contributed by atoms with Gasteiger partial charge < -0.3 is 15.1 Å². The number of anilines is 1. The largest absolute Gasteiger partial charge is 0.392 e. The summed E-state index contributed by atoms with van der Waals surface area (Å²) < 4.78 is 0.884. The summed E-state index contributed by atoms with van der Waals surface area (Å²) in [5, 5.41) is 23.7. The normalized spacial score (nSPS) is 52.2. The first kappa shape index (κ1) is 17.7. The van der Waals surface area contributed by atoms with E-state index in [1.54, 1.807) is 0 Å². The molecule has 1 aliphatic carbocycles. The van der Waals surface area contributed by atoms with E-state index >= 15 is 0 Å². The van der Waals surface area contributed by atoms with Crippen LogP contribution in [-0.4, -0.2) is 58.7 Å². The number of piperidine rings is 4. The Labute approximate surface area is 168 Å². The molecule has 28 heavy (non-hydrogen) atoms. The standard InChI is InChI=1S/C24H35N2O2/c1-4-6-11-26-18-12-15(14(5-2)23(26)28)20-19(26)13-24(22(20)27)16-9-7-8-10-17(16)25(3)21(18)24/h7-10,14-15,18-23,27-28H,4-6,11-13H2,1-3H3/q+1/t14-,15-,18+,19+,20+,21+,22+,23-,24+,26+/m1/s1. The van der Waals surface area contributed by atoms with Gasteiger partial charge in [-0.25, -0.2) is 0 Å². The van der Waals surface area contributed by atoms with Gasteiger partial charge in [-0.05, 0) is 30.4 Å². The highest BCUT2D eigenvalue weighted by Crippen LogP contribution is 2.71. The Morgan fingerprint density at radius 3 is 2.71 bits per heavy atom. The smallest absolute Gasteiger partial charge is 0.194 e. The van der Waals surface area contributed by atoms with Crippen LogP contribution < -0.4 is 4.90 Å². The number of aliphatic hydroxyl groups is 2. The number of aliphatic hydroxyl groups excluding tert-OH is 2. The van der Waals surface area contributed by atoms with Gasteiger partial charge in [0, 0.05) is 37.4 Å². The molecule has 4 nitrogen and oxygen atoms in total. The molecule has 1 aromatic carbocycles. The zero-order valence-corrected chi connectivity index (χ0v) is 17.5. The fourth-order valence-corrected chi connectivity index (χ4v) is 9.27. The summed E-state index contributed by atoms with van der Waals surface area (Å²) >= 11 is 0.